The molecule has 0 amide bonds. The van der Waals surface area contributed by atoms with Gasteiger partial charge in [-0.3, -0.25) is 0 Å². The number of hydrogen-bond acceptors (Lipinski definition) is 1. The van der Waals surface area contributed by atoms with E-state index in [1.54, 1.807) is 0 Å². The van der Waals surface area contributed by atoms with Crippen LogP contribution in [0.5, 0.6) is 0 Å². The molecule has 0 saturated carbocycles. The molecule has 1 aromatic rings. The monoisotopic (exact) mass is 232 g/mol. The number of aryl methyl sites for hydroxylation is 1. The fourth-order valence-electron chi connectivity index (χ4n) is 0.881. The van der Waals surface area contributed by atoms with Crippen LogP contribution in [0.25, 0.3) is 0 Å². The minimum atomic E-state index is -1.25. The molecule has 12 heavy (non-hydrogen) atoms. The normalized spacial score (nSPS) is 9.92. The lowest BCUT2D eigenvalue weighted by Gasteiger charge is -2.01. The van der Waals surface area contributed by atoms with Gasteiger partial charge in [0, 0.05) is 4.47 Å². The van der Waals surface area contributed by atoms with Crippen molar-refractivity contribution in [2.24, 2.45) is 0 Å². The molecule has 0 fully saturated rings. The quantitative estimate of drug-likeness (QED) is 0.809. The van der Waals surface area contributed by atoms with Gasteiger partial charge in [0.25, 0.3) is 0 Å². The van der Waals surface area contributed by atoms with Crippen molar-refractivity contribution in [3.05, 3.63) is 33.5 Å². The second-order valence-electron chi connectivity index (χ2n) is 2.39. The van der Waals surface area contributed by atoms with Crippen LogP contribution in [0, 0.1) is 12.7 Å². The highest BCUT2D eigenvalue weighted by Crippen LogP contribution is 2.19. The Morgan fingerprint density at radius 2 is 2.17 bits per heavy atom. The highest BCUT2D eigenvalue weighted by Gasteiger charge is 2.12. The molecule has 64 valence electrons. The number of carbonyl (C=O) groups is 1. The molecule has 0 spiro atoms. The standard InChI is InChI=1S/C8H6BrFO2/c1-4-2-5(9)3-6(7(4)10)8(11)12/h2-3H,1H3,(H,11,12). The maximum Gasteiger partial charge on any atom is 0.338 e. The van der Waals surface area contributed by atoms with E-state index in [2.05, 4.69) is 15.9 Å². The molecule has 0 atom stereocenters. The Kier molecular flexibility index (Phi) is 2.47. The first-order valence-corrected chi connectivity index (χ1v) is 4.00. The van der Waals surface area contributed by atoms with Gasteiger partial charge in [-0.25, -0.2) is 9.18 Å². The fourth-order valence-corrected chi connectivity index (χ4v) is 1.45. The average molecular weight is 233 g/mol. The van der Waals surface area contributed by atoms with Gasteiger partial charge in [-0.15, -0.1) is 0 Å². The van der Waals surface area contributed by atoms with Gasteiger partial charge >= 0.3 is 5.97 Å². The Balaban J connectivity index is 3.37. The van der Waals surface area contributed by atoms with Crippen LogP contribution in [-0.4, -0.2) is 11.1 Å². The van der Waals surface area contributed by atoms with E-state index >= 15 is 0 Å². The van der Waals surface area contributed by atoms with Crippen LogP contribution in [0.1, 0.15) is 15.9 Å². The van der Waals surface area contributed by atoms with Crippen molar-refractivity contribution in [1.82, 2.24) is 0 Å². The van der Waals surface area contributed by atoms with Crippen molar-refractivity contribution in [2.45, 2.75) is 6.92 Å². The van der Waals surface area contributed by atoms with Crippen LogP contribution < -0.4 is 0 Å². The molecule has 0 radical (unpaired) electrons. The second kappa shape index (κ2) is 3.23. The van der Waals surface area contributed by atoms with Gasteiger partial charge in [0.15, 0.2) is 0 Å². The van der Waals surface area contributed by atoms with Gasteiger partial charge in [-0.1, -0.05) is 15.9 Å². The van der Waals surface area contributed by atoms with Gasteiger partial charge in [-0.2, -0.15) is 0 Å². The number of aromatic carboxylic acids is 1. The summed E-state index contributed by atoms with van der Waals surface area (Å²) in [5.74, 6) is -1.93. The number of carboxylic acid groups (broad SMARTS) is 1. The predicted octanol–water partition coefficient (Wildman–Crippen LogP) is 2.59. The second-order valence-corrected chi connectivity index (χ2v) is 3.31. The van der Waals surface area contributed by atoms with E-state index < -0.39 is 11.8 Å². The largest absolute Gasteiger partial charge is 0.478 e. The molecule has 1 rings (SSSR count). The Hall–Kier alpha value is -0.900. The van der Waals surface area contributed by atoms with Crippen molar-refractivity contribution < 1.29 is 14.3 Å². The summed E-state index contributed by atoms with van der Waals surface area (Å²) in [6.07, 6.45) is 0. The van der Waals surface area contributed by atoms with E-state index in [9.17, 15) is 9.18 Å². The summed E-state index contributed by atoms with van der Waals surface area (Å²) in [7, 11) is 0. The Morgan fingerprint density at radius 1 is 1.58 bits per heavy atom. The summed E-state index contributed by atoms with van der Waals surface area (Å²) in [5.41, 5.74) is 0.0173. The van der Waals surface area contributed by atoms with E-state index in [4.69, 9.17) is 5.11 Å². The van der Waals surface area contributed by atoms with Crippen molar-refractivity contribution in [2.75, 3.05) is 0 Å². The lowest BCUT2D eigenvalue weighted by molar-refractivity contribution is 0.0691. The summed E-state index contributed by atoms with van der Waals surface area (Å²) >= 11 is 3.09. The van der Waals surface area contributed by atoms with Crippen LogP contribution in [0.15, 0.2) is 16.6 Å². The maximum atomic E-state index is 13.0. The van der Waals surface area contributed by atoms with Crippen molar-refractivity contribution in [3.8, 4) is 0 Å². The lowest BCUT2D eigenvalue weighted by atomic mass is 10.1. The molecular weight excluding hydrogens is 227 g/mol. The molecule has 1 N–H and O–H groups in total. The maximum absolute atomic E-state index is 13.0. The summed E-state index contributed by atoms with van der Waals surface area (Å²) in [4.78, 5) is 10.5. The van der Waals surface area contributed by atoms with Crippen LogP contribution in [0.4, 0.5) is 4.39 Å². The topological polar surface area (TPSA) is 37.3 Å². The number of benzene rings is 1. The highest BCUT2D eigenvalue weighted by molar-refractivity contribution is 9.10. The molecule has 0 bridgehead atoms. The Labute approximate surface area is 77.2 Å². The van der Waals surface area contributed by atoms with Crippen LogP contribution in [0.3, 0.4) is 0 Å². The smallest absolute Gasteiger partial charge is 0.338 e. The van der Waals surface area contributed by atoms with Crippen molar-refractivity contribution >= 4 is 21.9 Å². The Bertz CT molecular complexity index is 336. The van der Waals surface area contributed by atoms with Gasteiger partial charge in [0.2, 0.25) is 0 Å². The molecule has 0 aromatic heterocycles. The molecule has 1 aromatic carbocycles. The minimum absolute atomic E-state index is 0.304. The Morgan fingerprint density at radius 3 is 2.67 bits per heavy atom. The molecule has 0 saturated heterocycles. The van der Waals surface area contributed by atoms with E-state index in [1.807, 2.05) is 0 Å². The van der Waals surface area contributed by atoms with Gasteiger partial charge < -0.3 is 5.11 Å². The molecule has 2 nitrogen and oxygen atoms in total. The van der Waals surface area contributed by atoms with E-state index in [-0.39, 0.29) is 5.56 Å². The highest BCUT2D eigenvalue weighted by atomic mass is 79.9. The number of hydrogen-bond donors (Lipinski definition) is 1. The minimum Gasteiger partial charge on any atom is -0.478 e. The van der Waals surface area contributed by atoms with E-state index in [0.717, 1.165) is 0 Å². The van der Waals surface area contributed by atoms with Crippen LogP contribution in [-0.2, 0) is 0 Å². The zero-order chi connectivity index (χ0) is 9.30. The number of carboxylic acids is 1. The first-order chi connectivity index (χ1) is 5.52. The molecule has 0 aliphatic heterocycles. The summed E-state index contributed by atoms with van der Waals surface area (Å²) < 4.78 is 13.6. The van der Waals surface area contributed by atoms with Gasteiger partial charge in [-0.05, 0) is 24.6 Å². The SMILES string of the molecule is Cc1cc(Br)cc(C(=O)O)c1F. The summed E-state index contributed by atoms with van der Waals surface area (Å²) in [6, 6.07) is 2.77. The average Bonchev–Trinajstić information content (AvgIpc) is 1.96. The van der Waals surface area contributed by atoms with Gasteiger partial charge in [0.05, 0.1) is 5.56 Å². The molecule has 0 unspecified atom stereocenters. The zero-order valence-electron chi connectivity index (χ0n) is 6.27. The van der Waals surface area contributed by atoms with Gasteiger partial charge in [0.1, 0.15) is 5.82 Å². The van der Waals surface area contributed by atoms with E-state index in [1.165, 1.54) is 19.1 Å². The zero-order valence-corrected chi connectivity index (χ0v) is 7.85. The third-order valence-electron chi connectivity index (χ3n) is 1.45. The lowest BCUT2D eigenvalue weighted by Crippen LogP contribution is -2.02. The number of rotatable bonds is 1. The van der Waals surface area contributed by atoms with Crippen molar-refractivity contribution in [1.29, 1.82) is 0 Å². The third kappa shape index (κ3) is 1.64. The van der Waals surface area contributed by atoms with E-state index in [0.29, 0.717) is 10.0 Å². The molecule has 0 aliphatic carbocycles. The summed E-state index contributed by atoms with van der Waals surface area (Å²) in [5, 5.41) is 8.55. The molecule has 4 heteroatoms. The number of halogens is 2. The predicted molar refractivity (Wildman–Crippen MR) is 45.8 cm³/mol. The first kappa shape index (κ1) is 9.19. The molecule has 0 heterocycles. The molecular formula is C8H6BrFO2. The third-order valence-corrected chi connectivity index (χ3v) is 1.91. The first-order valence-electron chi connectivity index (χ1n) is 3.21. The summed E-state index contributed by atoms with van der Waals surface area (Å²) in [6.45, 7) is 1.52. The van der Waals surface area contributed by atoms with Crippen molar-refractivity contribution in [3.63, 3.8) is 0 Å². The molecule has 0 aliphatic rings. The fraction of sp³-hybridized carbons (Fsp3) is 0.125. The van der Waals surface area contributed by atoms with Crippen LogP contribution >= 0.6 is 15.9 Å². The van der Waals surface area contributed by atoms with Crippen LogP contribution in [0.2, 0.25) is 0 Å².